The number of carbonyl (C=O) groups is 3. The maximum Gasteiger partial charge on any atom is 0.255 e. The number of hydrogen-bond acceptors (Lipinski definition) is 6. The highest BCUT2D eigenvalue weighted by Crippen LogP contribution is 2.21. The summed E-state index contributed by atoms with van der Waals surface area (Å²) >= 11 is 0. The largest absolute Gasteiger partial charge is 0.467 e. The van der Waals surface area contributed by atoms with Crippen LogP contribution < -0.4 is 10.6 Å². The van der Waals surface area contributed by atoms with E-state index in [0.29, 0.717) is 24.3 Å². The van der Waals surface area contributed by atoms with E-state index in [1.807, 2.05) is 6.07 Å². The van der Waals surface area contributed by atoms with Gasteiger partial charge in [-0.25, -0.2) is 0 Å². The molecule has 0 unspecified atom stereocenters. The average molecular weight is 401 g/mol. The van der Waals surface area contributed by atoms with E-state index in [2.05, 4.69) is 10.6 Å². The Hall–Kier alpha value is -3.17. The van der Waals surface area contributed by atoms with Gasteiger partial charge in [-0.05, 0) is 37.1 Å². The smallest absolute Gasteiger partial charge is 0.255 e. The van der Waals surface area contributed by atoms with Gasteiger partial charge in [-0.15, -0.1) is 0 Å². The first-order valence-corrected chi connectivity index (χ1v) is 9.30. The van der Waals surface area contributed by atoms with Crippen LogP contribution in [-0.2, 0) is 20.9 Å². The fraction of sp³-hybridized carbons (Fsp3) is 0.350. The van der Waals surface area contributed by atoms with E-state index < -0.39 is 30.1 Å². The number of aliphatic hydroxyl groups excluding tert-OH is 2. The number of aliphatic hydroxyl groups is 2. The minimum atomic E-state index is -1.98. The quantitative estimate of drug-likeness (QED) is 0.526. The van der Waals surface area contributed by atoms with E-state index in [4.69, 9.17) is 4.42 Å². The van der Waals surface area contributed by atoms with E-state index in [1.54, 1.807) is 36.4 Å². The summed E-state index contributed by atoms with van der Waals surface area (Å²) in [6.45, 7) is 0.263. The predicted octanol–water partition coefficient (Wildman–Crippen LogP) is 0.247. The van der Waals surface area contributed by atoms with Crippen molar-refractivity contribution >= 4 is 23.4 Å². The van der Waals surface area contributed by atoms with Gasteiger partial charge in [0.05, 0.1) is 12.8 Å². The van der Waals surface area contributed by atoms with Crippen molar-refractivity contribution in [1.29, 1.82) is 0 Å². The van der Waals surface area contributed by atoms with Crippen LogP contribution in [0.2, 0.25) is 0 Å². The number of amides is 3. The van der Waals surface area contributed by atoms with Crippen LogP contribution >= 0.6 is 0 Å². The van der Waals surface area contributed by atoms with Gasteiger partial charge < -0.3 is 30.2 Å². The third-order valence-corrected chi connectivity index (χ3v) is 4.72. The molecule has 0 aliphatic carbocycles. The van der Waals surface area contributed by atoms with Gasteiger partial charge in [-0.2, -0.15) is 0 Å². The number of nitrogens with zero attached hydrogens (tertiary/aromatic N) is 1. The molecule has 2 aromatic rings. The lowest BCUT2D eigenvalue weighted by Gasteiger charge is -2.27. The molecule has 9 heteroatoms. The van der Waals surface area contributed by atoms with Gasteiger partial charge in [0.1, 0.15) is 11.8 Å². The maximum atomic E-state index is 12.6. The molecule has 3 amide bonds. The second kappa shape index (κ2) is 9.35. The third-order valence-electron chi connectivity index (χ3n) is 4.72. The zero-order valence-electron chi connectivity index (χ0n) is 15.7. The molecular formula is C20H23N3O6. The highest BCUT2D eigenvalue weighted by molar-refractivity contribution is 5.99. The Balaban J connectivity index is 1.58. The lowest BCUT2D eigenvalue weighted by molar-refractivity contribution is -0.154. The third kappa shape index (κ3) is 5.01. The average Bonchev–Trinajstić information content (AvgIpc) is 3.43. The summed E-state index contributed by atoms with van der Waals surface area (Å²) in [5.74, 6) is -1.70. The molecule has 0 spiro atoms. The van der Waals surface area contributed by atoms with Gasteiger partial charge in [0.2, 0.25) is 5.91 Å². The van der Waals surface area contributed by atoms with Crippen molar-refractivity contribution in [3.8, 4) is 0 Å². The fourth-order valence-corrected chi connectivity index (χ4v) is 3.19. The highest BCUT2D eigenvalue weighted by atomic mass is 16.3. The molecule has 4 N–H and O–H groups in total. The molecule has 29 heavy (non-hydrogen) atoms. The number of nitrogens with one attached hydrogen (secondary N) is 2. The Labute approximate surface area is 167 Å². The zero-order chi connectivity index (χ0) is 20.8. The number of hydrogen-bond donors (Lipinski definition) is 4. The molecule has 154 valence electrons. The van der Waals surface area contributed by atoms with E-state index in [0.717, 1.165) is 0 Å². The fourth-order valence-electron chi connectivity index (χ4n) is 3.19. The van der Waals surface area contributed by atoms with Crippen molar-refractivity contribution in [2.24, 2.45) is 0 Å². The molecule has 1 aliphatic heterocycles. The SMILES string of the molecule is O=C(Nc1ccccc1)[C@H]1CCCN1C(=O)[C@H](O)[C@@H](O)C(=O)NCc1ccco1. The summed E-state index contributed by atoms with van der Waals surface area (Å²) < 4.78 is 5.06. The first kappa shape index (κ1) is 20.6. The molecule has 3 atom stereocenters. The highest BCUT2D eigenvalue weighted by Gasteiger charge is 2.40. The summed E-state index contributed by atoms with van der Waals surface area (Å²) in [4.78, 5) is 38.4. The number of carbonyl (C=O) groups excluding carboxylic acids is 3. The molecular weight excluding hydrogens is 378 g/mol. The molecule has 1 aliphatic rings. The first-order chi connectivity index (χ1) is 14.0. The molecule has 1 aromatic carbocycles. The minimum Gasteiger partial charge on any atom is -0.467 e. The lowest BCUT2D eigenvalue weighted by Crippen LogP contribution is -2.53. The van der Waals surface area contributed by atoms with Crippen molar-refractivity contribution in [1.82, 2.24) is 10.2 Å². The molecule has 1 fully saturated rings. The van der Waals surface area contributed by atoms with E-state index >= 15 is 0 Å². The van der Waals surface area contributed by atoms with Crippen LogP contribution in [0.1, 0.15) is 18.6 Å². The van der Waals surface area contributed by atoms with Gasteiger partial charge in [0.15, 0.2) is 12.2 Å². The van der Waals surface area contributed by atoms with Gasteiger partial charge in [0.25, 0.3) is 11.8 Å². The van der Waals surface area contributed by atoms with E-state index in [-0.39, 0.29) is 19.0 Å². The Morgan fingerprint density at radius 2 is 1.86 bits per heavy atom. The number of anilines is 1. The monoisotopic (exact) mass is 401 g/mol. The second-order valence-electron chi connectivity index (χ2n) is 6.73. The Morgan fingerprint density at radius 3 is 2.55 bits per heavy atom. The van der Waals surface area contributed by atoms with Crippen LogP contribution in [0, 0.1) is 0 Å². The molecule has 9 nitrogen and oxygen atoms in total. The topological polar surface area (TPSA) is 132 Å². The van der Waals surface area contributed by atoms with Crippen LogP contribution in [0.4, 0.5) is 5.69 Å². The minimum absolute atomic E-state index is 0.00955. The second-order valence-corrected chi connectivity index (χ2v) is 6.73. The summed E-state index contributed by atoms with van der Waals surface area (Å²) in [6.07, 6.45) is -1.50. The Bertz CT molecular complexity index is 839. The van der Waals surface area contributed by atoms with Gasteiger partial charge in [0, 0.05) is 12.2 Å². The van der Waals surface area contributed by atoms with E-state index in [1.165, 1.54) is 11.2 Å². The first-order valence-electron chi connectivity index (χ1n) is 9.30. The molecule has 1 aromatic heterocycles. The van der Waals surface area contributed by atoms with Crippen LogP contribution in [0.15, 0.2) is 53.1 Å². The van der Waals surface area contributed by atoms with Gasteiger partial charge in [-0.3, -0.25) is 14.4 Å². The normalized spacial score (nSPS) is 18.1. The number of para-hydroxylation sites is 1. The van der Waals surface area contributed by atoms with Crippen LogP contribution in [0.25, 0.3) is 0 Å². The lowest BCUT2D eigenvalue weighted by atomic mass is 10.1. The number of benzene rings is 1. The maximum absolute atomic E-state index is 12.6. The van der Waals surface area contributed by atoms with Crippen molar-refractivity contribution in [3.05, 3.63) is 54.5 Å². The molecule has 0 radical (unpaired) electrons. The van der Waals surface area contributed by atoms with Crippen LogP contribution in [0.5, 0.6) is 0 Å². The molecule has 0 bridgehead atoms. The van der Waals surface area contributed by atoms with E-state index in [9.17, 15) is 24.6 Å². The predicted molar refractivity (Wildman–Crippen MR) is 102 cm³/mol. The summed E-state index contributed by atoms with van der Waals surface area (Å²) in [7, 11) is 0. The van der Waals surface area contributed by atoms with Crippen molar-refractivity contribution in [3.63, 3.8) is 0 Å². The number of rotatable bonds is 7. The number of likely N-dealkylation sites (tertiary alicyclic amines) is 1. The molecule has 2 heterocycles. The standard InChI is InChI=1S/C20H23N3O6/c24-16(19(27)21-12-14-8-5-11-29-14)17(25)20(28)23-10-4-9-15(23)18(26)22-13-6-2-1-3-7-13/h1-3,5-8,11,15-17,24-25H,4,9-10,12H2,(H,21,27)(H,22,26)/t15-,16-,17-/m1/s1. The summed E-state index contributed by atoms with van der Waals surface area (Å²) in [5, 5.41) is 25.4. The summed E-state index contributed by atoms with van der Waals surface area (Å²) in [6, 6.07) is 11.3. The van der Waals surface area contributed by atoms with Crippen molar-refractivity contribution < 1.29 is 29.0 Å². The molecule has 3 rings (SSSR count). The van der Waals surface area contributed by atoms with Gasteiger partial charge >= 0.3 is 0 Å². The van der Waals surface area contributed by atoms with Crippen molar-refractivity contribution in [2.45, 2.75) is 37.6 Å². The van der Waals surface area contributed by atoms with Gasteiger partial charge in [-0.1, -0.05) is 18.2 Å². The Kier molecular flexibility index (Phi) is 6.63. The zero-order valence-corrected chi connectivity index (χ0v) is 15.7. The Morgan fingerprint density at radius 1 is 1.10 bits per heavy atom. The summed E-state index contributed by atoms with van der Waals surface area (Å²) in [5.41, 5.74) is 0.592. The van der Waals surface area contributed by atoms with Crippen LogP contribution in [0.3, 0.4) is 0 Å². The molecule has 1 saturated heterocycles. The van der Waals surface area contributed by atoms with Crippen molar-refractivity contribution in [2.75, 3.05) is 11.9 Å². The molecule has 0 saturated carbocycles. The number of furan rings is 1. The van der Waals surface area contributed by atoms with Crippen LogP contribution in [-0.4, -0.2) is 57.6 Å².